The van der Waals surface area contributed by atoms with E-state index in [1.807, 2.05) is 12.1 Å². The van der Waals surface area contributed by atoms with E-state index in [-0.39, 0.29) is 0 Å². The van der Waals surface area contributed by atoms with Crippen LogP contribution in [0.3, 0.4) is 0 Å². The summed E-state index contributed by atoms with van der Waals surface area (Å²) in [5.41, 5.74) is 11.2. The van der Waals surface area contributed by atoms with Gasteiger partial charge in [-0.2, -0.15) is 0 Å². The lowest BCUT2D eigenvalue weighted by molar-refractivity contribution is 0.389. The van der Waals surface area contributed by atoms with Crippen molar-refractivity contribution in [3.05, 3.63) is 42.5 Å². The smallest absolute Gasteiger partial charge is 0.227 e. The molecule has 0 saturated heterocycles. The van der Waals surface area contributed by atoms with Crippen LogP contribution in [0, 0.1) is 0 Å². The van der Waals surface area contributed by atoms with Gasteiger partial charge in [0.2, 0.25) is 5.89 Å². The van der Waals surface area contributed by atoms with E-state index in [9.17, 15) is 0 Å². The highest BCUT2D eigenvalue weighted by Crippen LogP contribution is 2.26. The highest BCUT2D eigenvalue weighted by molar-refractivity contribution is 5.79. The molecular weight excluding hydrogens is 230 g/mol. The average molecular weight is 241 g/mol. The number of benzene rings is 2. The number of nitrogen functional groups attached to an aromatic ring is 1. The van der Waals surface area contributed by atoms with Gasteiger partial charge in [-0.25, -0.2) is 4.98 Å². The minimum atomic E-state index is 0.528. The molecule has 0 aliphatic carbocycles. The first-order valence-corrected chi connectivity index (χ1v) is 5.43. The molecule has 0 spiro atoms. The summed E-state index contributed by atoms with van der Waals surface area (Å²) >= 11 is 0. The van der Waals surface area contributed by atoms with E-state index in [4.69, 9.17) is 15.4 Å². The van der Waals surface area contributed by atoms with Crippen molar-refractivity contribution in [2.75, 3.05) is 11.2 Å². The lowest BCUT2D eigenvalue weighted by Gasteiger charge is -1.95. The third kappa shape index (κ3) is 1.76. The molecule has 3 aromatic rings. The highest BCUT2D eigenvalue weighted by atomic mass is 16.5. The van der Waals surface area contributed by atoms with Crippen LogP contribution in [0.15, 0.2) is 46.9 Å². The van der Waals surface area contributed by atoms with Crippen molar-refractivity contribution in [1.29, 1.82) is 0 Å². The van der Waals surface area contributed by atoms with Gasteiger partial charge in [-0.3, -0.25) is 10.7 Å². The van der Waals surface area contributed by atoms with Crippen LogP contribution in [-0.2, 0) is 0 Å². The molecule has 5 heteroatoms. The molecule has 0 amide bonds. The lowest BCUT2D eigenvalue weighted by Crippen LogP contribution is -1.87. The molecule has 0 bridgehead atoms. The number of anilines is 2. The molecule has 18 heavy (non-hydrogen) atoms. The zero-order chi connectivity index (χ0) is 12.5. The fourth-order valence-corrected chi connectivity index (χ4v) is 1.75. The van der Waals surface area contributed by atoms with Gasteiger partial charge < -0.3 is 10.2 Å². The third-order valence-electron chi connectivity index (χ3n) is 2.67. The Morgan fingerprint density at radius 3 is 2.61 bits per heavy atom. The molecule has 3 rings (SSSR count). The van der Waals surface area contributed by atoms with Crippen LogP contribution in [0.2, 0.25) is 0 Å². The van der Waals surface area contributed by atoms with Gasteiger partial charge in [0, 0.05) is 11.3 Å². The quantitative estimate of drug-likeness (QED) is 0.474. The second kappa shape index (κ2) is 4.05. The second-order valence-electron chi connectivity index (χ2n) is 3.94. The first-order chi connectivity index (χ1) is 8.76. The fourth-order valence-electron chi connectivity index (χ4n) is 1.75. The number of fused-ring (bicyclic) bond motifs is 1. The van der Waals surface area contributed by atoms with E-state index in [2.05, 4.69) is 10.5 Å². The summed E-state index contributed by atoms with van der Waals surface area (Å²) in [5.74, 6) is 0.528. The molecule has 4 N–H and O–H groups in total. The Balaban J connectivity index is 2.10. The minimum absolute atomic E-state index is 0.528. The Morgan fingerprint density at radius 1 is 1.11 bits per heavy atom. The molecule has 0 aliphatic rings. The lowest BCUT2D eigenvalue weighted by atomic mass is 10.2. The van der Waals surface area contributed by atoms with Gasteiger partial charge in [-0.05, 0) is 42.5 Å². The first kappa shape index (κ1) is 10.6. The normalized spacial score (nSPS) is 10.7. The first-order valence-electron chi connectivity index (χ1n) is 5.43. The van der Waals surface area contributed by atoms with Gasteiger partial charge in [-0.1, -0.05) is 0 Å². The molecular formula is C13H11N3O2. The Morgan fingerprint density at radius 2 is 1.89 bits per heavy atom. The number of oxazole rings is 1. The van der Waals surface area contributed by atoms with Crippen molar-refractivity contribution >= 4 is 22.5 Å². The molecule has 1 heterocycles. The largest absolute Gasteiger partial charge is 0.436 e. The number of hydrogen-bond donors (Lipinski definition) is 3. The van der Waals surface area contributed by atoms with E-state index < -0.39 is 0 Å². The molecule has 1 aromatic heterocycles. The Labute approximate surface area is 103 Å². The van der Waals surface area contributed by atoms with Crippen LogP contribution in [0.25, 0.3) is 22.6 Å². The second-order valence-corrected chi connectivity index (χ2v) is 3.94. The van der Waals surface area contributed by atoms with Gasteiger partial charge in [0.1, 0.15) is 5.52 Å². The topological polar surface area (TPSA) is 84.3 Å². The summed E-state index contributed by atoms with van der Waals surface area (Å²) in [5, 5.41) is 8.83. The van der Waals surface area contributed by atoms with Crippen molar-refractivity contribution in [3.63, 3.8) is 0 Å². The Kier molecular flexibility index (Phi) is 2.39. The van der Waals surface area contributed by atoms with Gasteiger partial charge in [-0.15, -0.1) is 0 Å². The van der Waals surface area contributed by atoms with Crippen molar-refractivity contribution in [2.24, 2.45) is 0 Å². The molecule has 90 valence electrons. The van der Waals surface area contributed by atoms with Crippen molar-refractivity contribution in [2.45, 2.75) is 0 Å². The SMILES string of the molecule is Nc1ccc(-c2nc3cc(NO)ccc3o2)cc1. The molecule has 5 nitrogen and oxygen atoms in total. The number of nitrogens with two attached hydrogens (primary N) is 1. The number of hydrogen-bond acceptors (Lipinski definition) is 5. The molecule has 0 atom stereocenters. The number of nitrogens with one attached hydrogen (secondary N) is 1. The highest BCUT2D eigenvalue weighted by Gasteiger charge is 2.08. The Bertz CT molecular complexity index is 689. The van der Waals surface area contributed by atoms with Crippen molar-refractivity contribution < 1.29 is 9.62 Å². The maximum atomic E-state index is 8.83. The van der Waals surface area contributed by atoms with E-state index in [1.54, 1.807) is 30.3 Å². The van der Waals surface area contributed by atoms with Crippen LogP contribution in [0.4, 0.5) is 11.4 Å². The monoisotopic (exact) mass is 241 g/mol. The summed E-state index contributed by atoms with van der Waals surface area (Å²) in [6.07, 6.45) is 0. The summed E-state index contributed by atoms with van der Waals surface area (Å²) in [6.45, 7) is 0. The molecule has 0 saturated carbocycles. The van der Waals surface area contributed by atoms with Crippen LogP contribution in [0.1, 0.15) is 0 Å². The standard InChI is InChI=1S/C13H11N3O2/c14-9-3-1-8(2-4-9)13-15-11-7-10(16-17)5-6-12(11)18-13/h1-7,16-17H,14H2. The number of rotatable bonds is 2. The van der Waals surface area contributed by atoms with Crippen LogP contribution in [-0.4, -0.2) is 10.2 Å². The fraction of sp³-hybridized carbons (Fsp3) is 0. The summed E-state index contributed by atoms with van der Waals surface area (Å²) in [4.78, 5) is 4.36. The van der Waals surface area contributed by atoms with Gasteiger partial charge in [0.15, 0.2) is 5.58 Å². The molecule has 0 radical (unpaired) electrons. The molecule has 0 fully saturated rings. The summed E-state index contributed by atoms with van der Waals surface area (Å²) in [6, 6.07) is 12.5. The summed E-state index contributed by atoms with van der Waals surface area (Å²) < 4.78 is 5.63. The van der Waals surface area contributed by atoms with Crippen LogP contribution in [0.5, 0.6) is 0 Å². The molecule has 0 unspecified atom stereocenters. The third-order valence-corrected chi connectivity index (χ3v) is 2.67. The minimum Gasteiger partial charge on any atom is -0.436 e. The van der Waals surface area contributed by atoms with Crippen LogP contribution >= 0.6 is 0 Å². The molecule has 0 aliphatic heterocycles. The Hall–Kier alpha value is -2.53. The summed E-state index contributed by atoms with van der Waals surface area (Å²) in [7, 11) is 0. The van der Waals surface area contributed by atoms with E-state index in [0.29, 0.717) is 28.4 Å². The predicted octanol–water partition coefficient (Wildman–Crippen LogP) is 2.88. The van der Waals surface area contributed by atoms with Crippen molar-refractivity contribution in [1.82, 2.24) is 4.98 Å². The maximum Gasteiger partial charge on any atom is 0.227 e. The number of aromatic nitrogens is 1. The van der Waals surface area contributed by atoms with Gasteiger partial charge in [0.05, 0.1) is 5.69 Å². The van der Waals surface area contributed by atoms with E-state index in [1.165, 1.54) is 0 Å². The zero-order valence-corrected chi connectivity index (χ0v) is 9.42. The van der Waals surface area contributed by atoms with Crippen molar-refractivity contribution in [3.8, 4) is 11.5 Å². The maximum absolute atomic E-state index is 8.83. The van der Waals surface area contributed by atoms with Gasteiger partial charge in [0.25, 0.3) is 0 Å². The average Bonchev–Trinajstić information content (AvgIpc) is 2.82. The van der Waals surface area contributed by atoms with Gasteiger partial charge >= 0.3 is 0 Å². The van der Waals surface area contributed by atoms with Crippen LogP contribution < -0.4 is 11.2 Å². The number of nitrogens with zero attached hydrogens (tertiary/aromatic N) is 1. The van der Waals surface area contributed by atoms with E-state index >= 15 is 0 Å². The predicted molar refractivity (Wildman–Crippen MR) is 69.3 cm³/mol. The molecule has 2 aromatic carbocycles. The van der Waals surface area contributed by atoms with E-state index in [0.717, 1.165) is 5.56 Å². The zero-order valence-electron chi connectivity index (χ0n) is 9.42.